The molecule has 3 nitrogen and oxygen atoms in total. The maximum absolute atomic E-state index is 11.8. The van der Waals surface area contributed by atoms with Crippen LogP contribution in [-0.4, -0.2) is 23.8 Å². The number of ether oxygens (including phenoxy) is 1. The maximum atomic E-state index is 11.8. The van der Waals surface area contributed by atoms with Gasteiger partial charge in [0, 0.05) is 0 Å². The number of hydrogen-bond acceptors (Lipinski definition) is 3. The molecular weight excluding hydrogens is 204 g/mol. The minimum absolute atomic E-state index is 0.195. The SMILES string of the molecule is CCC(CC)COC(=O)[C@H]1CCCC[C@@H]1O. The third-order valence-electron chi connectivity index (χ3n) is 3.65. The molecule has 0 saturated heterocycles. The van der Waals surface area contributed by atoms with Crippen LogP contribution in [-0.2, 0) is 9.53 Å². The van der Waals surface area contributed by atoms with Crippen molar-refractivity contribution in [3.63, 3.8) is 0 Å². The van der Waals surface area contributed by atoms with Crippen LogP contribution >= 0.6 is 0 Å². The van der Waals surface area contributed by atoms with Gasteiger partial charge in [0.2, 0.25) is 0 Å². The predicted octanol–water partition coefficient (Wildman–Crippen LogP) is 2.52. The molecule has 0 aliphatic heterocycles. The van der Waals surface area contributed by atoms with E-state index >= 15 is 0 Å². The molecule has 1 fully saturated rings. The second kappa shape index (κ2) is 6.89. The molecule has 94 valence electrons. The first kappa shape index (κ1) is 13.5. The molecule has 0 radical (unpaired) electrons. The Kier molecular flexibility index (Phi) is 5.81. The van der Waals surface area contributed by atoms with Crippen molar-refractivity contribution < 1.29 is 14.6 Å². The molecule has 1 rings (SSSR count). The van der Waals surface area contributed by atoms with Gasteiger partial charge in [0.25, 0.3) is 0 Å². The van der Waals surface area contributed by atoms with Crippen LogP contribution in [0.4, 0.5) is 0 Å². The molecule has 0 heterocycles. The first-order chi connectivity index (χ1) is 7.69. The van der Waals surface area contributed by atoms with Crippen LogP contribution in [0.2, 0.25) is 0 Å². The molecule has 1 aliphatic rings. The zero-order chi connectivity index (χ0) is 12.0. The first-order valence-corrected chi connectivity index (χ1v) is 6.53. The van der Waals surface area contributed by atoms with E-state index in [9.17, 15) is 9.90 Å². The number of rotatable bonds is 5. The van der Waals surface area contributed by atoms with Crippen LogP contribution in [0.1, 0.15) is 52.4 Å². The monoisotopic (exact) mass is 228 g/mol. The fourth-order valence-electron chi connectivity index (χ4n) is 2.22. The van der Waals surface area contributed by atoms with Crippen LogP contribution in [0, 0.1) is 11.8 Å². The minimum atomic E-state index is -0.483. The third kappa shape index (κ3) is 3.78. The van der Waals surface area contributed by atoms with Crippen LogP contribution in [0.25, 0.3) is 0 Å². The highest BCUT2D eigenvalue weighted by Crippen LogP contribution is 2.25. The standard InChI is InChI=1S/C13H24O3/c1-3-10(4-2)9-16-13(15)11-7-5-6-8-12(11)14/h10-12,14H,3-9H2,1-2H3/t11-,12-/m0/s1. The van der Waals surface area contributed by atoms with E-state index in [-0.39, 0.29) is 11.9 Å². The van der Waals surface area contributed by atoms with E-state index in [4.69, 9.17) is 4.74 Å². The van der Waals surface area contributed by atoms with E-state index in [0.29, 0.717) is 12.5 Å². The Morgan fingerprint density at radius 1 is 1.31 bits per heavy atom. The molecule has 2 atom stereocenters. The molecule has 0 aromatic carbocycles. The summed E-state index contributed by atoms with van der Waals surface area (Å²) in [5.41, 5.74) is 0. The molecule has 0 aromatic rings. The van der Waals surface area contributed by atoms with E-state index in [1.165, 1.54) is 0 Å². The third-order valence-corrected chi connectivity index (χ3v) is 3.65. The number of carbonyl (C=O) groups is 1. The molecule has 0 aromatic heterocycles. The number of hydrogen-bond donors (Lipinski definition) is 1. The summed E-state index contributed by atoms with van der Waals surface area (Å²) in [5.74, 6) is -0.00750. The summed E-state index contributed by atoms with van der Waals surface area (Å²) < 4.78 is 5.30. The van der Waals surface area contributed by atoms with E-state index in [1.807, 2.05) is 0 Å². The zero-order valence-corrected chi connectivity index (χ0v) is 10.4. The van der Waals surface area contributed by atoms with Crippen LogP contribution in [0.15, 0.2) is 0 Å². The molecule has 0 bridgehead atoms. The summed E-state index contributed by atoms with van der Waals surface area (Å²) in [4.78, 5) is 11.8. The predicted molar refractivity (Wildman–Crippen MR) is 63.0 cm³/mol. The van der Waals surface area contributed by atoms with Gasteiger partial charge >= 0.3 is 5.97 Å². The molecular formula is C13H24O3. The van der Waals surface area contributed by atoms with Gasteiger partial charge in [0.1, 0.15) is 0 Å². The first-order valence-electron chi connectivity index (χ1n) is 6.53. The van der Waals surface area contributed by atoms with Gasteiger partial charge in [-0.1, -0.05) is 39.5 Å². The average Bonchev–Trinajstić information content (AvgIpc) is 2.30. The molecule has 0 amide bonds. The van der Waals surface area contributed by atoms with Gasteiger partial charge in [-0.15, -0.1) is 0 Å². The highest BCUT2D eigenvalue weighted by molar-refractivity contribution is 5.73. The highest BCUT2D eigenvalue weighted by Gasteiger charge is 2.30. The molecule has 1 N–H and O–H groups in total. The van der Waals surface area contributed by atoms with Crippen molar-refractivity contribution in [2.45, 2.75) is 58.5 Å². The summed E-state index contributed by atoms with van der Waals surface area (Å²) in [6.45, 7) is 4.73. The lowest BCUT2D eigenvalue weighted by molar-refractivity contribution is -0.155. The van der Waals surface area contributed by atoms with E-state index in [2.05, 4.69) is 13.8 Å². The number of aliphatic hydroxyl groups is 1. The summed E-state index contributed by atoms with van der Waals surface area (Å²) in [7, 11) is 0. The van der Waals surface area contributed by atoms with Gasteiger partial charge in [-0.3, -0.25) is 4.79 Å². The van der Waals surface area contributed by atoms with Crippen molar-refractivity contribution in [1.82, 2.24) is 0 Å². The van der Waals surface area contributed by atoms with Gasteiger partial charge in [-0.2, -0.15) is 0 Å². The smallest absolute Gasteiger partial charge is 0.311 e. The Morgan fingerprint density at radius 3 is 2.50 bits per heavy atom. The van der Waals surface area contributed by atoms with Crippen molar-refractivity contribution >= 4 is 5.97 Å². The van der Waals surface area contributed by atoms with E-state index in [1.54, 1.807) is 0 Å². The van der Waals surface area contributed by atoms with Crippen LogP contribution in [0.5, 0.6) is 0 Å². The Balaban J connectivity index is 2.33. The Bertz CT molecular complexity index is 211. The fourth-order valence-corrected chi connectivity index (χ4v) is 2.22. The van der Waals surface area contributed by atoms with Crippen LogP contribution < -0.4 is 0 Å². The summed E-state index contributed by atoms with van der Waals surface area (Å²) in [6, 6.07) is 0. The van der Waals surface area contributed by atoms with Crippen molar-refractivity contribution in [2.75, 3.05) is 6.61 Å². The Hall–Kier alpha value is -0.570. The van der Waals surface area contributed by atoms with Crippen LogP contribution in [0.3, 0.4) is 0 Å². The average molecular weight is 228 g/mol. The molecule has 16 heavy (non-hydrogen) atoms. The zero-order valence-electron chi connectivity index (χ0n) is 10.4. The Labute approximate surface area is 98.2 Å². The van der Waals surface area contributed by atoms with Crippen molar-refractivity contribution in [3.05, 3.63) is 0 Å². The lowest BCUT2D eigenvalue weighted by Gasteiger charge is -2.26. The number of esters is 1. The lowest BCUT2D eigenvalue weighted by atomic mass is 9.86. The molecule has 0 spiro atoms. The summed E-state index contributed by atoms with van der Waals surface area (Å²) in [6.07, 6.45) is 5.17. The van der Waals surface area contributed by atoms with Crippen molar-refractivity contribution in [1.29, 1.82) is 0 Å². The normalized spacial score (nSPS) is 25.8. The van der Waals surface area contributed by atoms with Gasteiger partial charge < -0.3 is 9.84 Å². The second-order valence-electron chi connectivity index (χ2n) is 4.77. The van der Waals surface area contributed by atoms with E-state index < -0.39 is 6.10 Å². The highest BCUT2D eigenvalue weighted by atomic mass is 16.5. The van der Waals surface area contributed by atoms with Gasteiger partial charge in [-0.25, -0.2) is 0 Å². The van der Waals surface area contributed by atoms with E-state index in [0.717, 1.165) is 38.5 Å². The number of carbonyl (C=O) groups excluding carboxylic acids is 1. The van der Waals surface area contributed by atoms with Gasteiger partial charge in [-0.05, 0) is 18.8 Å². The largest absolute Gasteiger partial charge is 0.465 e. The van der Waals surface area contributed by atoms with Crippen molar-refractivity contribution in [3.8, 4) is 0 Å². The van der Waals surface area contributed by atoms with Gasteiger partial charge in [0.05, 0.1) is 18.6 Å². The molecule has 0 unspecified atom stereocenters. The van der Waals surface area contributed by atoms with Gasteiger partial charge in [0.15, 0.2) is 0 Å². The molecule has 3 heteroatoms. The maximum Gasteiger partial charge on any atom is 0.311 e. The Morgan fingerprint density at radius 2 is 1.94 bits per heavy atom. The fraction of sp³-hybridized carbons (Fsp3) is 0.923. The second-order valence-corrected chi connectivity index (χ2v) is 4.77. The lowest BCUT2D eigenvalue weighted by Crippen LogP contribution is -2.33. The summed E-state index contributed by atoms with van der Waals surface area (Å²) in [5, 5.41) is 9.72. The number of aliphatic hydroxyl groups excluding tert-OH is 1. The quantitative estimate of drug-likeness (QED) is 0.735. The molecule has 1 saturated carbocycles. The van der Waals surface area contributed by atoms with Crippen molar-refractivity contribution in [2.24, 2.45) is 11.8 Å². The minimum Gasteiger partial charge on any atom is -0.465 e. The topological polar surface area (TPSA) is 46.5 Å². The summed E-state index contributed by atoms with van der Waals surface area (Å²) >= 11 is 0. The molecule has 1 aliphatic carbocycles.